The average molecular weight is 761 g/mol. The van der Waals surface area contributed by atoms with Crippen LogP contribution in [0.3, 0.4) is 0 Å². The summed E-state index contributed by atoms with van der Waals surface area (Å²) in [7, 11) is 0. The van der Waals surface area contributed by atoms with E-state index in [-0.39, 0.29) is 5.41 Å². The Hall–Kier alpha value is -0.600. The highest BCUT2D eigenvalue weighted by Gasteiger charge is 2.51. The lowest BCUT2D eigenvalue weighted by molar-refractivity contribution is -0.0585. The summed E-state index contributed by atoms with van der Waals surface area (Å²) in [5, 5.41) is 0. The van der Waals surface area contributed by atoms with Gasteiger partial charge in [-0.15, -0.1) is 0 Å². The molecule has 9 aliphatic carbocycles. The largest absolute Gasteiger partial charge is 0.0533 e. The molecule has 0 nitrogen and oxygen atoms in total. The number of unbranched alkanes of at least 4 members (excludes halogenated alkanes) is 6. The summed E-state index contributed by atoms with van der Waals surface area (Å²) in [5.41, 5.74) is 7.90. The first-order valence-electron chi connectivity index (χ1n) is 20.5. The SMILES string of the molecule is Brc1ccc2c(c1)C(CCCCCCC13CC4CC(CC(C4)C1)C3)(CCCCCCC13CC4CC(CC(C4)C1)C3)c1cc(Br)ccc1-2. The Morgan fingerprint density at radius 3 is 1.09 bits per heavy atom. The maximum atomic E-state index is 3.90. The standard InChI is InChI=1S/C45H60Br2/c46-37-9-11-39-40-12-10-38(47)24-42(40)45(41(39)23-37,15-7-3-1-5-13-43-25-31-17-32(26-43)19-33(18-31)27-43)16-8-4-2-6-14-44-28-34-20-35(29-44)22-36(21-34)30-44/h9-12,23-24,31-36H,1-8,13-22,25-30H2. The van der Waals surface area contributed by atoms with Crippen molar-refractivity contribution in [2.45, 2.75) is 160 Å². The van der Waals surface area contributed by atoms with Crippen LogP contribution in [0, 0.1) is 46.3 Å². The normalized spacial score (nSPS) is 36.6. The first-order chi connectivity index (χ1) is 22.9. The van der Waals surface area contributed by atoms with Gasteiger partial charge in [0.1, 0.15) is 0 Å². The van der Waals surface area contributed by atoms with Crippen LogP contribution in [0.5, 0.6) is 0 Å². The van der Waals surface area contributed by atoms with Gasteiger partial charge in [0.05, 0.1) is 0 Å². The zero-order valence-corrected chi connectivity index (χ0v) is 32.3. The smallest absolute Gasteiger partial charge is 0.0216 e. The second kappa shape index (κ2) is 12.9. The van der Waals surface area contributed by atoms with Crippen molar-refractivity contribution in [2.24, 2.45) is 46.3 Å². The molecule has 8 bridgehead atoms. The summed E-state index contributed by atoms with van der Waals surface area (Å²) in [6.45, 7) is 0. The minimum atomic E-state index is 0.165. The lowest BCUT2D eigenvalue weighted by Gasteiger charge is -2.57. The number of benzene rings is 2. The van der Waals surface area contributed by atoms with Gasteiger partial charge in [-0.25, -0.2) is 0 Å². The van der Waals surface area contributed by atoms with Gasteiger partial charge >= 0.3 is 0 Å². The Kier molecular flexibility index (Phi) is 8.85. The minimum Gasteiger partial charge on any atom is -0.0533 e. The Labute approximate surface area is 303 Å². The predicted molar refractivity (Wildman–Crippen MR) is 205 cm³/mol. The Morgan fingerprint density at radius 1 is 0.426 bits per heavy atom. The molecule has 0 aromatic heterocycles. The number of hydrogen-bond donors (Lipinski definition) is 0. The minimum absolute atomic E-state index is 0.165. The molecule has 254 valence electrons. The summed E-state index contributed by atoms with van der Waals surface area (Å²) in [5.74, 6) is 6.58. The highest BCUT2D eigenvalue weighted by atomic mass is 79.9. The monoisotopic (exact) mass is 758 g/mol. The third-order valence-electron chi connectivity index (χ3n) is 15.7. The Bertz CT molecular complexity index is 1270. The van der Waals surface area contributed by atoms with E-state index in [1.165, 1.54) is 97.1 Å². The summed E-state index contributed by atoms with van der Waals surface area (Å²) < 4.78 is 2.50. The van der Waals surface area contributed by atoms with Crippen molar-refractivity contribution in [2.75, 3.05) is 0 Å². The maximum absolute atomic E-state index is 3.90. The van der Waals surface area contributed by atoms with Crippen molar-refractivity contribution >= 4 is 31.9 Å². The van der Waals surface area contributed by atoms with Gasteiger partial charge in [-0.3, -0.25) is 0 Å². The molecule has 8 fully saturated rings. The van der Waals surface area contributed by atoms with E-state index in [0.29, 0.717) is 0 Å². The fourth-order valence-electron chi connectivity index (χ4n) is 14.9. The molecule has 0 heterocycles. The molecule has 0 saturated heterocycles. The number of fused-ring (bicyclic) bond motifs is 3. The van der Waals surface area contributed by atoms with Crippen LogP contribution in [-0.4, -0.2) is 0 Å². The van der Waals surface area contributed by atoms with E-state index < -0.39 is 0 Å². The van der Waals surface area contributed by atoms with E-state index in [0.717, 1.165) is 46.3 Å². The van der Waals surface area contributed by atoms with Crippen LogP contribution < -0.4 is 0 Å². The highest BCUT2D eigenvalue weighted by molar-refractivity contribution is 9.10. The molecule has 8 saturated carbocycles. The summed E-state index contributed by atoms with van der Waals surface area (Å²) in [6, 6.07) is 14.4. The molecular weight excluding hydrogens is 700 g/mol. The zero-order chi connectivity index (χ0) is 31.6. The lowest BCUT2D eigenvalue weighted by atomic mass is 9.48. The number of halogens is 2. The van der Waals surface area contributed by atoms with Crippen molar-refractivity contribution in [1.29, 1.82) is 0 Å². The van der Waals surface area contributed by atoms with Crippen LogP contribution in [0.15, 0.2) is 45.3 Å². The van der Waals surface area contributed by atoms with E-state index in [9.17, 15) is 0 Å². The molecule has 11 rings (SSSR count). The molecule has 0 aliphatic heterocycles. The molecule has 0 radical (unpaired) electrons. The Morgan fingerprint density at radius 2 is 0.745 bits per heavy atom. The highest BCUT2D eigenvalue weighted by Crippen LogP contribution is 2.63. The first-order valence-corrected chi connectivity index (χ1v) is 22.1. The van der Waals surface area contributed by atoms with Gasteiger partial charge in [0.15, 0.2) is 0 Å². The molecule has 0 unspecified atom stereocenters. The van der Waals surface area contributed by atoms with Crippen LogP contribution >= 0.6 is 31.9 Å². The zero-order valence-electron chi connectivity index (χ0n) is 29.2. The average Bonchev–Trinajstić information content (AvgIpc) is 3.27. The quantitative estimate of drug-likeness (QED) is 0.168. The molecule has 2 aromatic rings. The van der Waals surface area contributed by atoms with Crippen LogP contribution in [0.2, 0.25) is 0 Å². The molecule has 0 amide bonds. The van der Waals surface area contributed by atoms with Crippen LogP contribution in [0.4, 0.5) is 0 Å². The topological polar surface area (TPSA) is 0 Å². The van der Waals surface area contributed by atoms with E-state index in [2.05, 4.69) is 68.3 Å². The molecule has 9 aliphatic rings. The van der Waals surface area contributed by atoms with Crippen molar-refractivity contribution in [3.05, 3.63) is 56.5 Å². The second-order valence-corrected chi connectivity index (χ2v) is 21.0. The number of hydrogen-bond acceptors (Lipinski definition) is 0. The predicted octanol–water partition coefficient (Wildman–Crippen LogP) is 14.6. The van der Waals surface area contributed by atoms with Crippen LogP contribution in [-0.2, 0) is 5.41 Å². The van der Waals surface area contributed by atoms with E-state index in [1.54, 1.807) is 88.2 Å². The van der Waals surface area contributed by atoms with E-state index >= 15 is 0 Å². The van der Waals surface area contributed by atoms with Crippen LogP contribution in [0.1, 0.15) is 165 Å². The lowest BCUT2D eigenvalue weighted by Crippen LogP contribution is -2.45. The van der Waals surface area contributed by atoms with Gasteiger partial charge in [-0.05, 0) is 196 Å². The van der Waals surface area contributed by atoms with E-state index in [1.807, 2.05) is 0 Å². The molecular formula is C45H60Br2. The van der Waals surface area contributed by atoms with Gasteiger partial charge in [-0.1, -0.05) is 95.4 Å². The number of rotatable bonds is 14. The third-order valence-corrected chi connectivity index (χ3v) is 16.7. The third kappa shape index (κ3) is 6.20. The van der Waals surface area contributed by atoms with Crippen molar-refractivity contribution in [3.63, 3.8) is 0 Å². The first kappa shape index (κ1) is 32.3. The molecule has 0 spiro atoms. The molecule has 0 N–H and O–H groups in total. The van der Waals surface area contributed by atoms with Gasteiger partial charge in [0.25, 0.3) is 0 Å². The summed E-state index contributed by atoms with van der Waals surface area (Å²) in [4.78, 5) is 0. The van der Waals surface area contributed by atoms with Crippen molar-refractivity contribution < 1.29 is 0 Å². The fourth-order valence-corrected chi connectivity index (χ4v) is 15.6. The van der Waals surface area contributed by atoms with Crippen molar-refractivity contribution in [3.8, 4) is 11.1 Å². The fraction of sp³-hybridized carbons (Fsp3) is 0.733. The van der Waals surface area contributed by atoms with Gasteiger partial charge in [-0.2, -0.15) is 0 Å². The molecule has 0 atom stereocenters. The Balaban J connectivity index is 0.840. The van der Waals surface area contributed by atoms with Gasteiger partial charge in [0, 0.05) is 14.4 Å². The molecule has 47 heavy (non-hydrogen) atoms. The maximum Gasteiger partial charge on any atom is 0.0216 e. The molecule has 2 aromatic carbocycles. The summed E-state index contributed by atoms with van der Waals surface area (Å²) in [6.07, 6.45) is 36.1. The second-order valence-electron chi connectivity index (χ2n) is 19.1. The molecule has 2 heteroatoms. The van der Waals surface area contributed by atoms with Crippen molar-refractivity contribution in [1.82, 2.24) is 0 Å². The van der Waals surface area contributed by atoms with Gasteiger partial charge < -0.3 is 0 Å². The van der Waals surface area contributed by atoms with E-state index in [4.69, 9.17) is 0 Å². The van der Waals surface area contributed by atoms with Crippen LogP contribution in [0.25, 0.3) is 11.1 Å². The van der Waals surface area contributed by atoms with Gasteiger partial charge in [0.2, 0.25) is 0 Å². The summed E-state index contributed by atoms with van der Waals surface area (Å²) >= 11 is 7.81.